The van der Waals surface area contributed by atoms with Gasteiger partial charge in [0.05, 0.1) is 16.8 Å². The van der Waals surface area contributed by atoms with Crippen molar-refractivity contribution in [1.82, 2.24) is 14.7 Å². The lowest BCUT2D eigenvalue weighted by Gasteiger charge is -2.14. The molecular weight excluding hydrogens is 437 g/mol. The van der Waals surface area contributed by atoms with Crippen LogP contribution in [-0.2, 0) is 17.5 Å². The van der Waals surface area contributed by atoms with Gasteiger partial charge in [0, 0.05) is 17.8 Å². The maximum Gasteiger partial charge on any atom is 0.418 e. The van der Waals surface area contributed by atoms with Crippen LogP contribution in [0.4, 0.5) is 18.9 Å². The molecule has 0 aliphatic heterocycles. The number of aromatic nitrogens is 3. The minimum absolute atomic E-state index is 0.127. The van der Waals surface area contributed by atoms with Gasteiger partial charge in [-0.25, -0.2) is 0 Å². The van der Waals surface area contributed by atoms with Gasteiger partial charge in [-0.15, -0.1) is 0 Å². The zero-order chi connectivity index (χ0) is 23.6. The first-order valence-electron chi connectivity index (χ1n) is 9.78. The molecule has 168 valence electrons. The minimum Gasteiger partial charge on any atom is -0.334 e. The topological polar surface area (TPSA) is 90.0 Å². The van der Waals surface area contributed by atoms with Crippen molar-refractivity contribution in [3.8, 4) is 22.8 Å². The third kappa shape index (κ3) is 5.00. The molecule has 33 heavy (non-hydrogen) atoms. The fourth-order valence-corrected chi connectivity index (χ4v) is 3.13. The van der Waals surface area contributed by atoms with E-state index in [9.17, 15) is 22.8 Å². The summed E-state index contributed by atoms with van der Waals surface area (Å²) in [7, 11) is 0. The molecule has 4 aromatic rings. The van der Waals surface area contributed by atoms with Crippen molar-refractivity contribution in [3.05, 3.63) is 88.3 Å². The second-order valence-electron chi connectivity index (χ2n) is 7.26. The second kappa shape index (κ2) is 8.73. The van der Waals surface area contributed by atoms with Crippen LogP contribution < -0.4 is 10.9 Å². The van der Waals surface area contributed by atoms with E-state index < -0.39 is 29.8 Å². The highest BCUT2D eigenvalue weighted by Crippen LogP contribution is 2.34. The molecule has 4 rings (SSSR count). The quantitative estimate of drug-likeness (QED) is 0.479. The predicted octanol–water partition coefficient (Wildman–Crippen LogP) is 4.53. The fraction of sp³-hybridized carbons (Fsp3) is 0.130. The number of anilines is 1. The van der Waals surface area contributed by atoms with E-state index >= 15 is 0 Å². The maximum absolute atomic E-state index is 13.1. The number of nitrogens with zero attached hydrogens (tertiary/aromatic N) is 3. The summed E-state index contributed by atoms with van der Waals surface area (Å²) in [5.41, 5.74) is 0.310. The number of hydrogen-bond donors (Lipinski definition) is 1. The van der Waals surface area contributed by atoms with Gasteiger partial charge >= 0.3 is 6.18 Å². The van der Waals surface area contributed by atoms with E-state index in [0.717, 1.165) is 27.8 Å². The van der Waals surface area contributed by atoms with Crippen LogP contribution in [0.15, 0.2) is 76.2 Å². The SMILES string of the molecule is Cc1ccc(-c2noc(-c3ccc(=O)n(CC(=O)Nc4ccccc4C(F)(F)F)c3)n2)cc1. The molecule has 7 nitrogen and oxygen atoms in total. The third-order valence-corrected chi connectivity index (χ3v) is 4.79. The maximum atomic E-state index is 13.1. The van der Waals surface area contributed by atoms with Crippen molar-refractivity contribution in [1.29, 1.82) is 0 Å². The lowest BCUT2D eigenvalue weighted by molar-refractivity contribution is -0.137. The van der Waals surface area contributed by atoms with E-state index in [1.54, 1.807) is 0 Å². The Kier molecular flexibility index (Phi) is 5.82. The molecule has 0 aliphatic carbocycles. The Hall–Kier alpha value is -4.21. The smallest absolute Gasteiger partial charge is 0.334 e. The minimum atomic E-state index is -4.63. The van der Waals surface area contributed by atoms with Crippen molar-refractivity contribution >= 4 is 11.6 Å². The van der Waals surface area contributed by atoms with Crippen molar-refractivity contribution in [2.24, 2.45) is 0 Å². The van der Waals surface area contributed by atoms with Crippen LogP contribution in [0.1, 0.15) is 11.1 Å². The molecule has 0 saturated carbocycles. The number of para-hydroxylation sites is 1. The normalized spacial score (nSPS) is 11.4. The number of hydrogen-bond acceptors (Lipinski definition) is 5. The Balaban J connectivity index is 1.55. The van der Waals surface area contributed by atoms with E-state index in [-0.39, 0.29) is 11.6 Å². The Bertz CT molecular complexity index is 1360. The van der Waals surface area contributed by atoms with Crippen molar-refractivity contribution in [3.63, 3.8) is 0 Å². The molecule has 0 bridgehead atoms. The number of halogens is 3. The molecule has 0 unspecified atom stereocenters. The third-order valence-electron chi connectivity index (χ3n) is 4.79. The van der Waals surface area contributed by atoms with E-state index in [1.165, 1.54) is 30.5 Å². The Labute approximate surface area is 185 Å². The standard InChI is InChI=1S/C23H17F3N4O3/c1-14-6-8-15(9-7-14)21-28-22(33-29-21)16-10-11-20(32)30(12-16)13-19(31)27-18-5-3-2-4-17(18)23(24,25)26/h2-12H,13H2,1H3,(H,27,31). The molecule has 1 N–H and O–H groups in total. The van der Waals surface area contributed by atoms with Crippen LogP contribution >= 0.6 is 0 Å². The number of aryl methyl sites for hydroxylation is 1. The predicted molar refractivity (Wildman–Crippen MR) is 114 cm³/mol. The van der Waals surface area contributed by atoms with Gasteiger partial charge in [0.25, 0.3) is 11.4 Å². The molecule has 0 spiro atoms. The zero-order valence-corrected chi connectivity index (χ0v) is 17.3. The first-order chi connectivity index (χ1) is 15.7. The first kappa shape index (κ1) is 22.0. The second-order valence-corrected chi connectivity index (χ2v) is 7.26. The highest BCUT2D eigenvalue weighted by molar-refractivity contribution is 5.91. The summed E-state index contributed by atoms with van der Waals surface area (Å²) in [6, 6.07) is 14.8. The van der Waals surface area contributed by atoms with Gasteiger partial charge in [-0.3, -0.25) is 9.59 Å². The van der Waals surface area contributed by atoms with Crippen LogP contribution in [-0.4, -0.2) is 20.6 Å². The lowest BCUT2D eigenvalue weighted by Crippen LogP contribution is -2.27. The molecule has 1 amide bonds. The largest absolute Gasteiger partial charge is 0.418 e. The number of carbonyl (C=O) groups excluding carboxylic acids is 1. The lowest BCUT2D eigenvalue weighted by atomic mass is 10.1. The van der Waals surface area contributed by atoms with Gasteiger partial charge in [0.2, 0.25) is 11.7 Å². The number of pyridine rings is 1. The summed E-state index contributed by atoms with van der Waals surface area (Å²) in [6.45, 7) is 1.45. The van der Waals surface area contributed by atoms with Crippen LogP contribution in [0.2, 0.25) is 0 Å². The summed E-state index contributed by atoms with van der Waals surface area (Å²) in [4.78, 5) is 28.9. The number of nitrogens with one attached hydrogen (secondary N) is 1. The average Bonchev–Trinajstić information content (AvgIpc) is 3.25. The van der Waals surface area contributed by atoms with Crippen molar-refractivity contribution in [2.45, 2.75) is 19.6 Å². The monoisotopic (exact) mass is 454 g/mol. The summed E-state index contributed by atoms with van der Waals surface area (Å²) < 4.78 is 45.8. The molecule has 10 heteroatoms. The molecule has 2 aromatic carbocycles. The van der Waals surface area contributed by atoms with Gasteiger partial charge in [-0.1, -0.05) is 47.1 Å². The van der Waals surface area contributed by atoms with Gasteiger partial charge in [-0.2, -0.15) is 18.2 Å². The average molecular weight is 454 g/mol. The summed E-state index contributed by atoms with van der Waals surface area (Å²) in [5, 5.41) is 6.15. The molecule has 0 atom stereocenters. The van der Waals surface area contributed by atoms with Gasteiger partial charge < -0.3 is 14.4 Å². The van der Waals surface area contributed by atoms with E-state index in [0.29, 0.717) is 11.4 Å². The fourth-order valence-electron chi connectivity index (χ4n) is 3.13. The van der Waals surface area contributed by atoms with Gasteiger partial charge in [0.15, 0.2) is 0 Å². The molecule has 0 fully saturated rings. The van der Waals surface area contributed by atoms with Crippen LogP contribution in [0.3, 0.4) is 0 Å². The van der Waals surface area contributed by atoms with Crippen molar-refractivity contribution in [2.75, 3.05) is 5.32 Å². The zero-order valence-electron chi connectivity index (χ0n) is 17.3. The molecule has 0 saturated heterocycles. The number of benzene rings is 2. The first-order valence-corrected chi connectivity index (χ1v) is 9.78. The molecule has 0 radical (unpaired) electrons. The number of rotatable bonds is 5. The highest BCUT2D eigenvalue weighted by atomic mass is 19.4. The Morgan fingerprint density at radius 2 is 1.73 bits per heavy atom. The number of alkyl halides is 3. The number of amides is 1. The van der Waals surface area contributed by atoms with Crippen molar-refractivity contribution < 1.29 is 22.5 Å². The van der Waals surface area contributed by atoms with Crippen LogP contribution in [0.5, 0.6) is 0 Å². The van der Waals surface area contributed by atoms with E-state index in [1.807, 2.05) is 31.2 Å². The summed E-state index contributed by atoms with van der Waals surface area (Å²) in [5.74, 6) is -0.316. The molecule has 2 heterocycles. The molecule has 2 aromatic heterocycles. The Morgan fingerprint density at radius 1 is 1.03 bits per heavy atom. The molecule has 0 aliphatic rings. The molecular formula is C23H17F3N4O3. The van der Waals surface area contributed by atoms with Gasteiger partial charge in [0.1, 0.15) is 6.54 Å². The van der Waals surface area contributed by atoms with Crippen LogP contribution in [0.25, 0.3) is 22.8 Å². The Morgan fingerprint density at radius 3 is 2.45 bits per heavy atom. The van der Waals surface area contributed by atoms with E-state index in [2.05, 4.69) is 15.5 Å². The van der Waals surface area contributed by atoms with Gasteiger partial charge in [-0.05, 0) is 25.1 Å². The highest BCUT2D eigenvalue weighted by Gasteiger charge is 2.33. The summed E-state index contributed by atoms with van der Waals surface area (Å²) >= 11 is 0. The number of carbonyl (C=O) groups is 1. The van der Waals surface area contributed by atoms with E-state index in [4.69, 9.17) is 4.52 Å². The van der Waals surface area contributed by atoms with Crippen LogP contribution in [0, 0.1) is 6.92 Å². The summed E-state index contributed by atoms with van der Waals surface area (Å²) in [6.07, 6.45) is -3.29.